The standard InChI is InChI=1S/C21H28N4O4/c1-21(2,3)29-20(27)25-9-7-16(8-10-25)28-18-6-5-14(11-17(18)19(22)26)15-12-23-24(4)13-15/h5-6,11-13,16H,7-10H2,1-4H3,(H2,22,26). The number of piperidine rings is 1. The summed E-state index contributed by atoms with van der Waals surface area (Å²) in [6.07, 6.45) is 4.49. The highest BCUT2D eigenvalue weighted by Gasteiger charge is 2.28. The first-order valence-electron chi connectivity index (χ1n) is 9.70. The fraction of sp³-hybridized carbons (Fsp3) is 0.476. The van der Waals surface area contributed by atoms with Crippen molar-refractivity contribution in [3.05, 3.63) is 36.2 Å². The van der Waals surface area contributed by atoms with E-state index >= 15 is 0 Å². The minimum atomic E-state index is -0.545. The van der Waals surface area contributed by atoms with E-state index in [1.54, 1.807) is 27.9 Å². The molecule has 1 aromatic carbocycles. The predicted octanol–water partition coefficient (Wildman–Crippen LogP) is 2.96. The molecule has 8 heteroatoms. The molecule has 0 radical (unpaired) electrons. The van der Waals surface area contributed by atoms with E-state index in [0.29, 0.717) is 37.2 Å². The number of primary amides is 1. The van der Waals surface area contributed by atoms with Crippen molar-refractivity contribution in [2.75, 3.05) is 13.1 Å². The largest absolute Gasteiger partial charge is 0.489 e. The highest BCUT2D eigenvalue weighted by molar-refractivity contribution is 5.97. The number of hydrogen-bond acceptors (Lipinski definition) is 5. The quantitative estimate of drug-likeness (QED) is 0.850. The number of likely N-dealkylation sites (tertiary alicyclic amines) is 1. The number of benzene rings is 1. The van der Waals surface area contributed by atoms with Crippen molar-refractivity contribution in [1.82, 2.24) is 14.7 Å². The van der Waals surface area contributed by atoms with Crippen LogP contribution in [0.3, 0.4) is 0 Å². The van der Waals surface area contributed by atoms with Crippen LogP contribution < -0.4 is 10.5 Å². The lowest BCUT2D eigenvalue weighted by molar-refractivity contribution is 0.0126. The van der Waals surface area contributed by atoms with Gasteiger partial charge in [0.15, 0.2) is 0 Å². The van der Waals surface area contributed by atoms with E-state index in [0.717, 1.165) is 11.1 Å². The Balaban J connectivity index is 1.66. The second kappa shape index (κ2) is 8.14. The molecule has 8 nitrogen and oxygen atoms in total. The Morgan fingerprint density at radius 2 is 1.86 bits per heavy atom. The molecule has 1 aliphatic rings. The summed E-state index contributed by atoms with van der Waals surface area (Å²) in [6, 6.07) is 5.38. The number of aromatic nitrogens is 2. The first-order valence-corrected chi connectivity index (χ1v) is 9.70. The van der Waals surface area contributed by atoms with Gasteiger partial charge in [-0.15, -0.1) is 0 Å². The van der Waals surface area contributed by atoms with Crippen molar-refractivity contribution in [2.24, 2.45) is 12.8 Å². The summed E-state index contributed by atoms with van der Waals surface area (Å²) in [6.45, 7) is 6.63. The first-order chi connectivity index (χ1) is 13.6. The van der Waals surface area contributed by atoms with E-state index in [1.807, 2.05) is 40.1 Å². The average molecular weight is 400 g/mol. The van der Waals surface area contributed by atoms with E-state index in [4.69, 9.17) is 15.2 Å². The summed E-state index contributed by atoms with van der Waals surface area (Å²) in [5, 5.41) is 4.15. The van der Waals surface area contributed by atoms with Gasteiger partial charge in [-0.1, -0.05) is 6.07 Å². The number of amides is 2. The number of carbonyl (C=O) groups is 2. The predicted molar refractivity (Wildman–Crippen MR) is 109 cm³/mol. The van der Waals surface area contributed by atoms with Crippen LogP contribution in [0.2, 0.25) is 0 Å². The van der Waals surface area contributed by atoms with Crippen molar-refractivity contribution in [1.29, 1.82) is 0 Å². The summed E-state index contributed by atoms with van der Waals surface area (Å²) in [5.74, 6) is -0.0854. The van der Waals surface area contributed by atoms with Crippen LogP contribution in [0, 0.1) is 0 Å². The summed E-state index contributed by atoms with van der Waals surface area (Å²) in [7, 11) is 1.83. The third kappa shape index (κ3) is 5.28. The maximum atomic E-state index is 12.2. The highest BCUT2D eigenvalue weighted by atomic mass is 16.6. The minimum absolute atomic E-state index is 0.101. The van der Waals surface area contributed by atoms with Gasteiger partial charge in [0.2, 0.25) is 0 Å². The molecule has 2 N–H and O–H groups in total. The molecule has 0 bridgehead atoms. The van der Waals surface area contributed by atoms with Gasteiger partial charge in [0.05, 0.1) is 11.8 Å². The molecule has 0 unspecified atom stereocenters. The number of ether oxygens (including phenoxy) is 2. The maximum Gasteiger partial charge on any atom is 0.410 e. The van der Waals surface area contributed by atoms with Crippen molar-refractivity contribution >= 4 is 12.0 Å². The van der Waals surface area contributed by atoms with Gasteiger partial charge in [0, 0.05) is 44.7 Å². The summed E-state index contributed by atoms with van der Waals surface area (Å²) in [4.78, 5) is 25.9. The van der Waals surface area contributed by atoms with Crippen LogP contribution in [-0.2, 0) is 11.8 Å². The molecule has 0 aliphatic carbocycles. The number of nitrogens with zero attached hydrogens (tertiary/aromatic N) is 3. The van der Waals surface area contributed by atoms with Gasteiger partial charge in [-0.3, -0.25) is 9.48 Å². The molecule has 2 heterocycles. The third-order valence-electron chi connectivity index (χ3n) is 4.67. The topological polar surface area (TPSA) is 99.7 Å². The second-order valence-electron chi connectivity index (χ2n) is 8.26. The van der Waals surface area contributed by atoms with Crippen LogP contribution in [0.5, 0.6) is 5.75 Å². The Morgan fingerprint density at radius 1 is 1.17 bits per heavy atom. The smallest absolute Gasteiger partial charge is 0.410 e. The SMILES string of the molecule is Cn1cc(-c2ccc(OC3CCN(C(=O)OC(C)(C)C)CC3)c(C(N)=O)c2)cn1. The zero-order valence-corrected chi connectivity index (χ0v) is 17.3. The lowest BCUT2D eigenvalue weighted by atomic mass is 10.0. The van der Waals surface area contributed by atoms with Crippen LogP contribution in [-0.4, -0.2) is 51.5 Å². The number of rotatable bonds is 4. The Hall–Kier alpha value is -3.03. The van der Waals surface area contributed by atoms with E-state index in [-0.39, 0.29) is 12.2 Å². The zero-order valence-electron chi connectivity index (χ0n) is 17.3. The van der Waals surface area contributed by atoms with Crippen LogP contribution in [0.25, 0.3) is 11.1 Å². The monoisotopic (exact) mass is 400 g/mol. The van der Waals surface area contributed by atoms with Gasteiger partial charge in [0.1, 0.15) is 17.5 Å². The lowest BCUT2D eigenvalue weighted by Crippen LogP contribution is -2.44. The number of hydrogen-bond donors (Lipinski definition) is 1. The van der Waals surface area contributed by atoms with Crippen LogP contribution in [0.1, 0.15) is 44.0 Å². The van der Waals surface area contributed by atoms with Gasteiger partial charge >= 0.3 is 6.09 Å². The van der Waals surface area contributed by atoms with Gasteiger partial charge in [0.25, 0.3) is 5.91 Å². The third-order valence-corrected chi connectivity index (χ3v) is 4.67. The molecule has 3 rings (SSSR count). The number of carbonyl (C=O) groups excluding carboxylic acids is 2. The molecule has 1 fully saturated rings. The van der Waals surface area contributed by atoms with Crippen LogP contribution in [0.4, 0.5) is 4.79 Å². The van der Waals surface area contributed by atoms with Gasteiger partial charge < -0.3 is 20.1 Å². The number of aryl methyl sites for hydroxylation is 1. The van der Waals surface area contributed by atoms with Crippen molar-refractivity contribution < 1.29 is 19.1 Å². The van der Waals surface area contributed by atoms with Crippen LogP contribution in [0.15, 0.2) is 30.6 Å². The van der Waals surface area contributed by atoms with E-state index < -0.39 is 11.5 Å². The molecule has 156 valence electrons. The first kappa shape index (κ1) is 20.7. The van der Waals surface area contributed by atoms with E-state index in [1.165, 1.54) is 0 Å². The normalized spacial score (nSPS) is 15.2. The van der Waals surface area contributed by atoms with Crippen molar-refractivity contribution in [3.63, 3.8) is 0 Å². The molecular weight excluding hydrogens is 372 g/mol. The molecule has 1 saturated heterocycles. The Labute approximate surface area is 170 Å². The Morgan fingerprint density at radius 3 is 2.41 bits per heavy atom. The van der Waals surface area contributed by atoms with Crippen molar-refractivity contribution in [2.45, 2.75) is 45.3 Å². The number of nitrogens with two attached hydrogens (primary N) is 1. The Kier molecular flexibility index (Phi) is 5.81. The van der Waals surface area contributed by atoms with Gasteiger partial charge in [-0.05, 0) is 38.5 Å². The zero-order chi connectivity index (χ0) is 21.2. The van der Waals surface area contributed by atoms with E-state index in [9.17, 15) is 9.59 Å². The molecule has 0 atom stereocenters. The summed E-state index contributed by atoms with van der Waals surface area (Å²) in [5.41, 5.74) is 7.14. The molecule has 2 aromatic rings. The Bertz CT molecular complexity index is 892. The van der Waals surface area contributed by atoms with Gasteiger partial charge in [-0.2, -0.15) is 5.10 Å². The molecule has 29 heavy (non-hydrogen) atoms. The van der Waals surface area contributed by atoms with Gasteiger partial charge in [-0.25, -0.2) is 4.79 Å². The fourth-order valence-corrected chi connectivity index (χ4v) is 3.24. The van der Waals surface area contributed by atoms with E-state index in [2.05, 4.69) is 5.10 Å². The second-order valence-corrected chi connectivity index (χ2v) is 8.26. The molecule has 1 aromatic heterocycles. The van der Waals surface area contributed by atoms with Crippen LogP contribution >= 0.6 is 0 Å². The minimum Gasteiger partial charge on any atom is -0.489 e. The molecular formula is C21H28N4O4. The molecule has 1 aliphatic heterocycles. The molecule has 2 amide bonds. The summed E-state index contributed by atoms with van der Waals surface area (Å²) >= 11 is 0. The molecule has 0 spiro atoms. The maximum absolute atomic E-state index is 12.2. The lowest BCUT2D eigenvalue weighted by Gasteiger charge is -2.33. The fourth-order valence-electron chi connectivity index (χ4n) is 3.24. The molecule has 0 saturated carbocycles. The summed E-state index contributed by atoms with van der Waals surface area (Å²) < 4.78 is 13.2. The van der Waals surface area contributed by atoms with Crippen molar-refractivity contribution in [3.8, 4) is 16.9 Å². The highest BCUT2D eigenvalue weighted by Crippen LogP contribution is 2.29. The average Bonchev–Trinajstić information content (AvgIpc) is 3.07.